The lowest BCUT2D eigenvalue weighted by Crippen LogP contribution is -2.41. The third kappa shape index (κ3) is 3.93. The number of hydrogen-bond donors (Lipinski definition) is 3. The Bertz CT molecular complexity index is 1020. The summed E-state index contributed by atoms with van der Waals surface area (Å²) < 4.78 is 0. The van der Waals surface area contributed by atoms with Crippen LogP contribution in [0.15, 0.2) is 48.7 Å². The Hall–Kier alpha value is -2.63. The highest BCUT2D eigenvalue weighted by Crippen LogP contribution is 2.33. The molecule has 0 saturated carbocycles. The van der Waals surface area contributed by atoms with Crippen molar-refractivity contribution in [3.8, 4) is 0 Å². The highest BCUT2D eigenvalue weighted by atomic mass is 16.3. The summed E-state index contributed by atoms with van der Waals surface area (Å²) in [6.45, 7) is 3.44. The molecule has 5 heteroatoms. The predicted molar refractivity (Wildman–Crippen MR) is 118 cm³/mol. The van der Waals surface area contributed by atoms with Crippen molar-refractivity contribution < 1.29 is 5.11 Å². The quantitative estimate of drug-likeness (QED) is 0.594. The highest BCUT2D eigenvalue weighted by molar-refractivity contribution is 5.81. The number of anilines is 1. The summed E-state index contributed by atoms with van der Waals surface area (Å²) in [4.78, 5) is 2.56. The van der Waals surface area contributed by atoms with Crippen molar-refractivity contribution in [1.29, 1.82) is 0 Å². The van der Waals surface area contributed by atoms with Crippen molar-refractivity contribution in [2.24, 2.45) is 0 Å². The monoisotopic (exact) mass is 388 g/mol. The van der Waals surface area contributed by atoms with Gasteiger partial charge in [0.15, 0.2) is 0 Å². The fraction of sp³-hybridized carbons (Fsp3) is 0.375. The maximum absolute atomic E-state index is 9.24. The number of aromatic nitrogens is 2. The largest absolute Gasteiger partial charge is 0.396 e. The maximum Gasteiger partial charge on any atom is 0.0651 e. The summed E-state index contributed by atoms with van der Waals surface area (Å²) in [5.74, 6) is 0.375. The molecule has 1 aromatic heterocycles. The van der Waals surface area contributed by atoms with E-state index in [0.717, 1.165) is 37.0 Å². The van der Waals surface area contributed by atoms with Gasteiger partial charge in [-0.15, -0.1) is 0 Å². The normalized spacial score (nSPS) is 21.6. The van der Waals surface area contributed by atoms with Gasteiger partial charge >= 0.3 is 0 Å². The average molecular weight is 389 g/mol. The lowest BCUT2D eigenvalue weighted by atomic mass is 9.96. The fourth-order valence-electron chi connectivity index (χ4n) is 4.76. The second kappa shape index (κ2) is 8.01. The number of nitrogens with zero attached hydrogens (tertiary/aromatic N) is 2. The molecule has 1 saturated heterocycles. The maximum atomic E-state index is 9.24. The van der Waals surface area contributed by atoms with Crippen LogP contribution in [0.1, 0.15) is 41.9 Å². The van der Waals surface area contributed by atoms with E-state index >= 15 is 0 Å². The van der Waals surface area contributed by atoms with Crippen LogP contribution in [0.4, 0.5) is 5.69 Å². The van der Waals surface area contributed by atoms with E-state index in [0.29, 0.717) is 12.0 Å². The van der Waals surface area contributed by atoms with Gasteiger partial charge in [-0.1, -0.05) is 30.4 Å². The second-order valence-corrected chi connectivity index (χ2v) is 8.33. The van der Waals surface area contributed by atoms with E-state index in [1.165, 1.54) is 35.2 Å². The van der Waals surface area contributed by atoms with E-state index in [2.05, 4.69) is 69.0 Å². The van der Waals surface area contributed by atoms with Crippen LogP contribution in [-0.4, -0.2) is 45.9 Å². The van der Waals surface area contributed by atoms with E-state index in [1.54, 1.807) is 0 Å². The zero-order valence-corrected chi connectivity index (χ0v) is 16.6. The molecule has 2 unspecified atom stereocenters. The Morgan fingerprint density at radius 2 is 2.17 bits per heavy atom. The summed E-state index contributed by atoms with van der Waals surface area (Å²) in [7, 11) is 0. The van der Waals surface area contributed by atoms with E-state index in [4.69, 9.17) is 0 Å². The molecular weight excluding hydrogens is 360 g/mol. The third-order valence-corrected chi connectivity index (χ3v) is 6.22. The minimum Gasteiger partial charge on any atom is -0.396 e. The molecule has 1 aliphatic heterocycles. The van der Waals surface area contributed by atoms with Crippen molar-refractivity contribution in [2.75, 3.05) is 25.0 Å². The molecule has 2 heterocycles. The molecule has 29 heavy (non-hydrogen) atoms. The van der Waals surface area contributed by atoms with Crippen LogP contribution in [-0.2, 0) is 6.54 Å². The first-order chi connectivity index (χ1) is 14.3. The molecule has 2 aliphatic rings. The first-order valence-corrected chi connectivity index (χ1v) is 10.6. The molecule has 0 radical (unpaired) electrons. The summed E-state index contributed by atoms with van der Waals surface area (Å²) in [5.41, 5.74) is 6.30. The van der Waals surface area contributed by atoms with Crippen LogP contribution in [0.25, 0.3) is 17.0 Å². The van der Waals surface area contributed by atoms with Crippen molar-refractivity contribution >= 4 is 22.7 Å². The Labute approximate surface area is 171 Å². The number of H-pyrrole nitrogens is 1. The Morgan fingerprint density at radius 1 is 1.21 bits per heavy atom. The smallest absolute Gasteiger partial charge is 0.0651 e. The lowest BCUT2D eigenvalue weighted by molar-refractivity contribution is 0.208. The van der Waals surface area contributed by atoms with Crippen LogP contribution in [0.2, 0.25) is 0 Å². The molecule has 0 spiro atoms. The SMILES string of the molecule is OCCC1C=Cc2cc(CN3CCCC(Nc4ccc5[nH]ncc5c4)C3)ccc21. The van der Waals surface area contributed by atoms with Crippen LogP contribution >= 0.6 is 0 Å². The van der Waals surface area contributed by atoms with E-state index in [9.17, 15) is 5.11 Å². The summed E-state index contributed by atoms with van der Waals surface area (Å²) in [5, 5.41) is 21.2. The standard InChI is InChI=1S/C24H28N4O/c29-11-9-18-4-5-19-12-17(3-7-23(18)19)15-28-10-1-2-22(16-28)26-21-6-8-24-20(13-21)14-25-27-24/h3-8,12-14,18,22,26,29H,1-2,9-11,15-16H2,(H,25,27). The summed E-state index contributed by atoms with van der Waals surface area (Å²) in [6, 6.07) is 13.7. The van der Waals surface area contributed by atoms with Crippen molar-refractivity contribution in [2.45, 2.75) is 37.8 Å². The number of benzene rings is 2. The molecule has 2 aromatic carbocycles. The minimum absolute atomic E-state index is 0.242. The molecule has 0 bridgehead atoms. The van der Waals surface area contributed by atoms with Gasteiger partial charge in [-0.2, -0.15) is 5.10 Å². The number of nitrogens with one attached hydrogen (secondary N) is 2. The zero-order chi connectivity index (χ0) is 19.6. The zero-order valence-electron chi connectivity index (χ0n) is 16.6. The Morgan fingerprint density at radius 3 is 3.10 bits per heavy atom. The molecule has 5 rings (SSSR count). The van der Waals surface area contributed by atoms with Gasteiger partial charge in [0.2, 0.25) is 0 Å². The average Bonchev–Trinajstić information content (AvgIpc) is 3.35. The van der Waals surface area contributed by atoms with Gasteiger partial charge in [0.1, 0.15) is 0 Å². The van der Waals surface area contributed by atoms with Crippen LogP contribution in [0.3, 0.4) is 0 Å². The van der Waals surface area contributed by atoms with Gasteiger partial charge in [-0.05, 0) is 60.7 Å². The number of hydrogen-bond acceptors (Lipinski definition) is 4. The van der Waals surface area contributed by atoms with Crippen molar-refractivity contribution in [1.82, 2.24) is 15.1 Å². The molecule has 1 aliphatic carbocycles. The van der Waals surface area contributed by atoms with Gasteiger partial charge in [0.05, 0.1) is 11.7 Å². The van der Waals surface area contributed by atoms with Gasteiger partial charge in [0.25, 0.3) is 0 Å². The van der Waals surface area contributed by atoms with Gasteiger partial charge in [0, 0.05) is 42.7 Å². The first-order valence-electron chi connectivity index (χ1n) is 10.6. The number of piperidine rings is 1. The number of rotatable bonds is 6. The molecule has 0 amide bonds. The third-order valence-electron chi connectivity index (χ3n) is 6.22. The predicted octanol–water partition coefficient (Wildman–Crippen LogP) is 4.13. The topological polar surface area (TPSA) is 64.2 Å². The van der Waals surface area contributed by atoms with Crippen LogP contribution in [0, 0.1) is 0 Å². The fourth-order valence-corrected chi connectivity index (χ4v) is 4.76. The first kappa shape index (κ1) is 18.4. The molecule has 3 N–H and O–H groups in total. The van der Waals surface area contributed by atoms with Crippen molar-refractivity contribution in [3.05, 3.63) is 65.4 Å². The highest BCUT2D eigenvalue weighted by Gasteiger charge is 2.21. The number of fused-ring (bicyclic) bond motifs is 2. The number of allylic oxidation sites excluding steroid dienone is 1. The molecular formula is C24H28N4O. The van der Waals surface area contributed by atoms with Crippen LogP contribution < -0.4 is 5.32 Å². The molecule has 5 nitrogen and oxygen atoms in total. The lowest BCUT2D eigenvalue weighted by Gasteiger charge is -2.33. The molecule has 3 aromatic rings. The Kier molecular flexibility index (Phi) is 5.08. The Balaban J connectivity index is 1.22. The van der Waals surface area contributed by atoms with E-state index < -0.39 is 0 Å². The van der Waals surface area contributed by atoms with Crippen molar-refractivity contribution in [3.63, 3.8) is 0 Å². The molecule has 2 atom stereocenters. The van der Waals surface area contributed by atoms with E-state index in [1.807, 2.05) is 6.20 Å². The van der Waals surface area contributed by atoms with Gasteiger partial charge < -0.3 is 10.4 Å². The molecule has 1 fully saturated rings. The van der Waals surface area contributed by atoms with E-state index in [-0.39, 0.29) is 6.61 Å². The minimum atomic E-state index is 0.242. The molecule has 150 valence electrons. The van der Waals surface area contributed by atoms with Gasteiger partial charge in [-0.3, -0.25) is 10.00 Å². The summed E-state index contributed by atoms with van der Waals surface area (Å²) in [6.07, 6.45) is 9.55. The second-order valence-electron chi connectivity index (χ2n) is 8.33. The number of likely N-dealkylation sites (tertiary alicyclic amines) is 1. The summed E-state index contributed by atoms with van der Waals surface area (Å²) >= 11 is 0. The van der Waals surface area contributed by atoms with Crippen LogP contribution in [0.5, 0.6) is 0 Å². The number of aromatic amines is 1. The number of aliphatic hydroxyl groups is 1. The number of aliphatic hydroxyl groups excluding tert-OH is 1. The van der Waals surface area contributed by atoms with Gasteiger partial charge in [-0.25, -0.2) is 0 Å².